The van der Waals surface area contributed by atoms with Crippen molar-refractivity contribution in [3.05, 3.63) is 35.4 Å². The van der Waals surface area contributed by atoms with Crippen molar-refractivity contribution in [2.45, 2.75) is 39.7 Å². The van der Waals surface area contributed by atoms with Gasteiger partial charge >= 0.3 is 6.03 Å². The first kappa shape index (κ1) is 19.7. The smallest absolute Gasteiger partial charge is 0.314 e. The first-order valence-corrected chi connectivity index (χ1v) is 9.52. The zero-order valence-corrected chi connectivity index (χ0v) is 15.9. The van der Waals surface area contributed by atoms with Crippen LogP contribution in [0.15, 0.2) is 24.3 Å². The van der Waals surface area contributed by atoms with Crippen LogP contribution in [-0.2, 0) is 11.2 Å². The number of rotatable bonds is 8. The van der Waals surface area contributed by atoms with Gasteiger partial charge in [0.2, 0.25) is 0 Å². The van der Waals surface area contributed by atoms with Crippen LogP contribution in [-0.4, -0.2) is 50.3 Å². The molecule has 140 valence electrons. The second-order valence-electron chi connectivity index (χ2n) is 7.08. The molecule has 1 aromatic rings. The standard InChI is InChI=1S/C20H33N3O2/c1-4-17-5-7-18(8-6-17)19(23-11-13-25-14-12-23)15-22-20(24)21-10-9-16(2)3/h5-8,16,19H,4,9-15H2,1-3H3,(H2,21,22,24). The van der Waals surface area contributed by atoms with Gasteiger partial charge in [-0.3, -0.25) is 4.90 Å². The summed E-state index contributed by atoms with van der Waals surface area (Å²) < 4.78 is 5.48. The molecule has 0 radical (unpaired) electrons. The van der Waals surface area contributed by atoms with Crippen LogP contribution in [0.4, 0.5) is 4.79 Å². The second-order valence-corrected chi connectivity index (χ2v) is 7.08. The summed E-state index contributed by atoms with van der Waals surface area (Å²) in [6.45, 7) is 11.1. The number of nitrogens with one attached hydrogen (secondary N) is 2. The van der Waals surface area contributed by atoms with Gasteiger partial charge in [0.05, 0.1) is 19.3 Å². The minimum atomic E-state index is -0.0795. The van der Waals surface area contributed by atoms with Crippen LogP contribution >= 0.6 is 0 Å². The van der Waals surface area contributed by atoms with Crippen LogP contribution in [0.5, 0.6) is 0 Å². The van der Waals surface area contributed by atoms with Crippen LogP contribution < -0.4 is 10.6 Å². The van der Waals surface area contributed by atoms with Crippen LogP contribution in [0.1, 0.15) is 44.4 Å². The van der Waals surface area contributed by atoms with Crippen molar-refractivity contribution >= 4 is 6.03 Å². The van der Waals surface area contributed by atoms with E-state index < -0.39 is 0 Å². The van der Waals surface area contributed by atoms with E-state index in [9.17, 15) is 4.79 Å². The fourth-order valence-corrected chi connectivity index (χ4v) is 3.05. The Morgan fingerprint density at radius 1 is 1.16 bits per heavy atom. The number of carbonyl (C=O) groups excluding carboxylic acids is 1. The van der Waals surface area contributed by atoms with Crippen molar-refractivity contribution in [2.24, 2.45) is 5.92 Å². The predicted molar refractivity (Wildman–Crippen MR) is 102 cm³/mol. The lowest BCUT2D eigenvalue weighted by Crippen LogP contribution is -2.46. The number of amides is 2. The van der Waals surface area contributed by atoms with Gasteiger partial charge in [-0.1, -0.05) is 45.0 Å². The molecule has 0 aliphatic carbocycles. The van der Waals surface area contributed by atoms with Gasteiger partial charge in [0.15, 0.2) is 0 Å². The Balaban J connectivity index is 1.95. The summed E-state index contributed by atoms with van der Waals surface area (Å²) in [7, 11) is 0. The number of morpholine rings is 1. The van der Waals surface area contributed by atoms with Crippen molar-refractivity contribution in [3.8, 4) is 0 Å². The summed E-state index contributed by atoms with van der Waals surface area (Å²) in [6.07, 6.45) is 2.04. The Bertz CT molecular complexity index is 510. The van der Waals surface area contributed by atoms with Crippen molar-refractivity contribution in [1.29, 1.82) is 0 Å². The number of carbonyl (C=O) groups is 1. The topological polar surface area (TPSA) is 53.6 Å². The molecule has 1 saturated heterocycles. The van der Waals surface area contributed by atoms with Gasteiger partial charge < -0.3 is 15.4 Å². The molecule has 2 N–H and O–H groups in total. The van der Waals surface area contributed by atoms with E-state index >= 15 is 0 Å². The normalized spacial score (nSPS) is 16.6. The van der Waals surface area contributed by atoms with Crippen LogP contribution in [0.3, 0.4) is 0 Å². The summed E-state index contributed by atoms with van der Waals surface area (Å²) in [5, 5.41) is 6.00. The Labute approximate surface area is 152 Å². The summed E-state index contributed by atoms with van der Waals surface area (Å²) in [5.74, 6) is 0.596. The first-order valence-electron chi connectivity index (χ1n) is 9.52. The highest BCUT2D eigenvalue weighted by atomic mass is 16.5. The monoisotopic (exact) mass is 347 g/mol. The van der Waals surface area contributed by atoms with Gasteiger partial charge in [-0.25, -0.2) is 4.79 Å². The maximum atomic E-state index is 12.1. The molecule has 5 nitrogen and oxygen atoms in total. The quantitative estimate of drug-likeness (QED) is 0.760. The molecule has 0 aromatic heterocycles. The van der Waals surface area contributed by atoms with E-state index in [1.54, 1.807) is 0 Å². The van der Waals surface area contributed by atoms with Crippen molar-refractivity contribution in [2.75, 3.05) is 39.4 Å². The Morgan fingerprint density at radius 3 is 2.44 bits per heavy atom. The number of nitrogens with zero attached hydrogens (tertiary/aromatic N) is 1. The molecule has 0 spiro atoms. The number of hydrogen-bond donors (Lipinski definition) is 2. The maximum absolute atomic E-state index is 12.1. The largest absolute Gasteiger partial charge is 0.379 e. The summed E-state index contributed by atoms with van der Waals surface area (Å²) in [4.78, 5) is 14.5. The fraction of sp³-hybridized carbons (Fsp3) is 0.650. The van der Waals surface area contributed by atoms with E-state index in [0.717, 1.165) is 45.7 Å². The van der Waals surface area contributed by atoms with Crippen LogP contribution in [0.25, 0.3) is 0 Å². The molecular formula is C20H33N3O2. The first-order chi connectivity index (χ1) is 12.1. The maximum Gasteiger partial charge on any atom is 0.314 e. The van der Waals surface area contributed by atoms with Gasteiger partial charge in [0, 0.05) is 26.2 Å². The van der Waals surface area contributed by atoms with E-state index in [2.05, 4.69) is 60.6 Å². The molecule has 1 fully saturated rings. The zero-order valence-electron chi connectivity index (χ0n) is 15.9. The lowest BCUT2D eigenvalue weighted by molar-refractivity contribution is 0.0167. The second kappa shape index (κ2) is 10.4. The Kier molecular flexibility index (Phi) is 8.22. The number of urea groups is 1. The summed E-state index contributed by atoms with van der Waals surface area (Å²) >= 11 is 0. The minimum absolute atomic E-state index is 0.0795. The lowest BCUT2D eigenvalue weighted by atomic mass is 10.0. The van der Waals surface area contributed by atoms with Gasteiger partial charge in [0.1, 0.15) is 0 Å². The molecule has 1 atom stereocenters. The fourth-order valence-electron chi connectivity index (χ4n) is 3.05. The highest BCUT2D eigenvalue weighted by molar-refractivity contribution is 5.73. The molecule has 0 bridgehead atoms. The van der Waals surface area contributed by atoms with Crippen LogP contribution in [0, 0.1) is 5.92 Å². The average molecular weight is 348 g/mol. The van der Waals surface area contributed by atoms with E-state index in [0.29, 0.717) is 12.5 Å². The van der Waals surface area contributed by atoms with Crippen molar-refractivity contribution in [3.63, 3.8) is 0 Å². The third kappa shape index (κ3) is 6.67. The average Bonchev–Trinajstić information content (AvgIpc) is 2.63. The molecule has 1 unspecified atom stereocenters. The molecule has 2 amide bonds. The van der Waals surface area contributed by atoms with Crippen LogP contribution in [0.2, 0.25) is 0 Å². The SMILES string of the molecule is CCc1ccc(C(CNC(=O)NCCC(C)C)N2CCOCC2)cc1. The lowest BCUT2D eigenvalue weighted by Gasteiger charge is -2.35. The molecule has 2 rings (SSSR count). The third-order valence-corrected chi connectivity index (χ3v) is 4.72. The highest BCUT2D eigenvalue weighted by Crippen LogP contribution is 2.22. The molecule has 1 aliphatic heterocycles. The molecule has 1 heterocycles. The summed E-state index contributed by atoms with van der Waals surface area (Å²) in [5.41, 5.74) is 2.59. The van der Waals surface area contributed by atoms with Gasteiger partial charge in [-0.05, 0) is 29.9 Å². The van der Waals surface area contributed by atoms with E-state index in [-0.39, 0.29) is 12.1 Å². The number of ether oxygens (including phenoxy) is 1. The van der Waals surface area contributed by atoms with Gasteiger partial charge in [0.25, 0.3) is 0 Å². The highest BCUT2D eigenvalue weighted by Gasteiger charge is 2.23. The van der Waals surface area contributed by atoms with Gasteiger partial charge in [-0.2, -0.15) is 0 Å². The van der Waals surface area contributed by atoms with E-state index in [1.165, 1.54) is 11.1 Å². The molecular weight excluding hydrogens is 314 g/mol. The summed E-state index contributed by atoms with van der Waals surface area (Å²) in [6, 6.07) is 8.86. The molecule has 1 aliphatic rings. The zero-order chi connectivity index (χ0) is 18.1. The van der Waals surface area contributed by atoms with Gasteiger partial charge in [-0.15, -0.1) is 0 Å². The minimum Gasteiger partial charge on any atom is -0.379 e. The molecule has 5 heteroatoms. The van der Waals surface area contributed by atoms with Crippen molar-refractivity contribution in [1.82, 2.24) is 15.5 Å². The number of aryl methyl sites for hydroxylation is 1. The predicted octanol–water partition coefficient (Wildman–Crippen LogP) is 2.97. The van der Waals surface area contributed by atoms with E-state index in [1.807, 2.05) is 0 Å². The molecule has 25 heavy (non-hydrogen) atoms. The molecule has 1 aromatic carbocycles. The number of benzene rings is 1. The Hall–Kier alpha value is -1.59. The number of hydrogen-bond acceptors (Lipinski definition) is 3. The molecule has 0 saturated carbocycles. The Morgan fingerprint density at radius 2 is 1.84 bits per heavy atom. The van der Waals surface area contributed by atoms with Crippen molar-refractivity contribution < 1.29 is 9.53 Å². The van der Waals surface area contributed by atoms with E-state index in [4.69, 9.17) is 4.74 Å². The third-order valence-electron chi connectivity index (χ3n) is 4.72.